The van der Waals surface area contributed by atoms with Crippen molar-refractivity contribution in [3.8, 4) is 17.2 Å². The van der Waals surface area contributed by atoms with Gasteiger partial charge in [0, 0.05) is 24.5 Å². The summed E-state index contributed by atoms with van der Waals surface area (Å²) in [5, 5.41) is 11.2. The van der Waals surface area contributed by atoms with Crippen molar-refractivity contribution in [3.05, 3.63) is 46.1 Å². The van der Waals surface area contributed by atoms with E-state index >= 15 is 0 Å². The van der Waals surface area contributed by atoms with Crippen molar-refractivity contribution >= 4 is 39.2 Å². The summed E-state index contributed by atoms with van der Waals surface area (Å²) in [6.07, 6.45) is 0.290. The largest absolute Gasteiger partial charge is 0.344 e. The Bertz CT molecular complexity index is 1050. The van der Waals surface area contributed by atoms with Crippen LogP contribution in [0, 0.1) is 11.3 Å². The summed E-state index contributed by atoms with van der Waals surface area (Å²) in [6.45, 7) is 2.15. The molecule has 2 heterocycles. The van der Waals surface area contributed by atoms with Gasteiger partial charge in [-0.15, -0.1) is 11.3 Å². The second-order valence-corrected chi connectivity index (χ2v) is 8.18. The maximum Gasteiger partial charge on any atom is 0.260 e. The van der Waals surface area contributed by atoms with E-state index in [9.17, 15) is 9.59 Å². The molecule has 0 radical (unpaired) electrons. The topological polar surface area (TPSA) is 89.8 Å². The first-order chi connectivity index (χ1) is 13.0. The molecule has 6 nitrogen and oxygen atoms in total. The number of fused-ring (bicyclic) bond motifs is 1. The third-order valence-electron chi connectivity index (χ3n) is 4.08. The SMILES string of the molecule is C[C@@H](Sc1nc2scc(-c3ccccc3)c2c(=O)[nH]1)C(=O)N(C)CCC#N. The lowest BCUT2D eigenvalue weighted by Crippen LogP contribution is -2.34. The van der Waals surface area contributed by atoms with E-state index in [0.29, 0.717) is 21.9 Å². The average Bonchev–Trinajstić information content (AvgIpc) is 3.10. The predicted octanol–water partition coefficient (Wildman–Crippen LogP) is 3.50. The number of aromatic amines is 1. The van der Waals surface area contributed by atoms with E-state index in [2.05, 4.69) is 9.97 Å². The Hall–Kier alpha value is -2.63. The summed E-state index contributed by atoms with van der Waals surface area (Å²) in [7, 11) is 1.67. The van der Waals surface area contributed by atoms with E-state index in [-0.39, 0.29) is 17.9 Å². The van der Waals surface area contributed by atoms with E-state index in [1.165, 1.54) is 28.0 Å². The molecule has 1 atom stereocenters. The van der Waals surface area contributed by atoms with E-state index in [0.717, 1.165) is 11.1 Å². The third-order valence-corrected chi connectivity index (χ3v) is 5.92. The molecule has 0 unspecified atom stereocenters. The minimum absolute atomic E-state index is 0.103. The van der Waals surface area contributed by atoms with E-state index < -0.39 is 5.25 Å². The fourth-order valence-electron chi connectivity index (χ4n) is 2.67. The molecule has 0 saturated heterocycles. The standard InChI is InChI=1S/C19H18N4O2S2/c1-12(18(25)23(2)10-6-9-20)27-19-21-16(24)15-14(11-26-17(15)22-19)13-7-4-3-5-8-13/h3-5,7-8,11-12H,6,10H2,1-2H3,(H,21,22,24)/t12-/m1/s1. The number of rotatable bonds is 6. The molecule has 0 fully saturated rings. The Labute approximate surface area is 164 Å². The molecule has 3 aromatic rings. The molecule has 3 rings (SSSR count). The number of nitrogens with one attached hydrogen (secondary N) is 1. The van der Waals surface area contributed by atoms with Crippen LogP contribution in [0.2, 0.25) is 0 Å². The smallest absolute Gasteiger partial charge is 0.260 e. The van der Waals surface area contributed by atoms with Gasteiger partial charge in [0.05, 0.1) is 23.1 Å². The number of carbonyl (C=O) groups excluding carboxylic acids is 1. The molecule has 27 heavy (non-hydrogen) atoms. The summed E-state index contributed by atoms with van der Waals surface area (Å²) < 4.78 is 0. The molecule has 2 aromatic heterocycles. The Morgan fingerprint density at radius 1 is 1.41 bits per heavy atom. The maximum atomic E-state index is 12.6. The van der Waals surface area contributed by atoms with Gasteiger partial charge in [-0.25, -0.2) is 4.98 Å². The van der Waals surface area contributed by atoms with Crippen molar-refractivity contribution in [3.63, 3.8) is 0 Å². The molecule has 0 aliphatic carbocycles. The van der Waals surface area contributed by atoms with Gasteiger partial charge in [0.2, 0.25) is 5.91 Å². The zero-order chi connectivity index (χ0) is 19.4. The minimum atomic E-state index is -0.414. The fraction of sp³-hybridized carbons (Fsp3) is 0.263. The highest BCUT2D eigenvalue weighted by Gasteiger charge is 2.21. The fourth-order valence-corrected chi connectivity index (χ4v) is 4.59. The van der Waals surface area contributed by atoms with Gasteiger partial charge in [-0.3, -0.25) is 9.59 Å². The second-order valence-electron chi connectivity index (χ2n) is 5.99. The van der Waals surface area contributed by atoms with Crippen LogP contribution in [0.15, 0.2) is 45.7 Å². The lowest BCUT2D eigenvalue weighted by molar-refractivity contribution is -0.128. The maximum absolute atomic E-state index is 12.6. The Balaban J connectivity index is 1.84. The number of H-pyrrole nitrogens is 1. The molecule has 0 bridgehead atoms. The van der Waals surface area contributed by atoms with Crippen molar-refractivity contribution in [1.82, 2.24) is 14.9 Å². The van der Waals surface area contributed by atoms with Crippen molar-refractivity contribution in [2.75, 3.05) is 13.6 Å². The van der Waals surface area contributed by atoms with E-state index in [1.54, 1.807) is 14.0 Å². The van der Waals surface area contributed by atoms with Crippen LogP contribution in [-0.4, -0.2) is 39.6 Å². The van der Waals surface area contributed by atoms with E-state index in [1.807, 2.05) is 41.8 Å². The zero-order valence-corrected chi connectivity index (χ0v) is 16.6. The first-order valence-corrected chi connectivity index (χ1v) is 10.1. The molecule has 0 spiro atoms. The number of carbonyl (C=O) groups is 1. The number of amides is 1. The molecule has 0 saturated carbocycles. The summed E-state index contributed by atoms with van der Waals surface area (Å²) >= 11 is 2.63. The zero-order valence-electron chi connectivity index (χ0n) is 14.9. The molecule has 0 aliphatic rings. The number of hydrogen-bond donors (Lipinski definition) is 1. The Kier molecular flexibility index (Phi) is 5.94. The quantitative estimate of drug-likeness (QED) is 0.507. The average molecular weight is 399 g/mol. The molecular formula is C19H18N4O2S2. The number of benzene rings is 1. The van der Waals surface area contributed by atoms with Crippen LogP contribution in [0.25, 0.3) is 21.3 Å². The van der Waals surface area contributed by atoms with Gasteiger partial charge in [0.25, 0.3) is 5.56 Å². The number of hydrogen-bond acceptors (Lipinski definition) is 6. The van der Waals surface area contributed by atoms with Gasteiger partial charge in [-0.05, 0) is 12.5 Å². The number of nitrogens with zero attached hydrogens (tertiary/aromatic N) is 3. The Morgan fingerprint density at radius 3 is 2.85 bits per heavy atom. The lowest BCUT2D eigenvalue weighted by Gasteiger charge is -2.19. The minimum Gasteiger partial charge on any atom is -0.344 e. The van der Waals surface area contributed by atoms with Crippen molar-refractivity contribution in [2.24, 2.45) is 0 Å². The van der Waals surface area contributed by atoms with Gasteiger partial charge < -0.3 is 9.88 Å². The highest BCUT2D eigenvalue weighted by atomic mass is 32.2. The summed E-state index contributed by atoms with van der Waals surface area (Å²) in [5.41, 5.74) is 1.63. The Morgan fingerprint density at radius 2 is 2.15 bits per heavy atom. The normalized spacial score (nSPS) is 11.9. The van der Waals surface area contributed by atoms with Crippen LogP contribution in [0.1, 0.15) is 13.3 Å². The van der Waals surface area contributed by atoms with Crippen LogP contribution in [0.3, 0.4) is 0 Å². The lowest BCUT2D eigenvalue weighted by atomic mass is 10.1. The van der Waals surface area contributed by atoms with Crippen LogP contribution in [-0.2, 0) is 4.79 Å². The molecule has 0 aliphatic heterocycles. The van der Waals surface area contributed by atoms with Crippen molar-refractivity contribution in [1.29, 1.82) is 5.26 Å². The monoisotopic (exact) mass is 398 g/mol. The molecule has 1 N–H and O–H groups in total. The number of aromatic nitrogens is 2. The number of thiophene rings is 1. The number of nitriles is 1. The van der Waals surface area contributed by atoms with Crippen LogP contribution in [0.5, 0.6) is 0 Å². The van der Waals surface area contributed by atoms with E-state index in [4.69, 9.17) is 5.26 Å². The van der Waals surface area contributed by atoms with Crippen LogP contribution in [0.4, 0.5) is 0 Å². The molecule has 1 amide bonds. The molecule has 8 heteroatoms. The summed E-state index contributed by atoms with van der Waals surface area (Å²) in [4.78, 5) is 34.5. The van der Waals surface area contributed by atoms with Gasteiger partial charge in [0.15, 0.2) is 5.16 Å². The third kappa shape index (κ3) is 4.21. The first-order valence-electron chi connectivity index (χ1n) is 8.36. The number of thioether (sulfide) groups is 1. The summed E-state index contributed by atoms with van der Waals surface area (Å²) in [5.74, 6) is -0.103. The predicted molar refractivity (Wildman–Crippen MR) is 109 cm³/mol. The van der Waals surface area contributed by atoms with Gasteiger partial charge in [-0.2, -0.15) is 5.26 Å². The van der Waals surface area contributed by atoms with Gasteiger partial charge in [0.1, 0.15) is 4.83 Å². The van der Waals surface area contributed by atoms with Crippen molar-refractivity contribution < 1.29 is 4.79 Å². The molecule has 138 valence electrons. The highest BCUT2D eigenvalue weighted by molar-refractivity contribution is 8.00. The van der Waals surface area contributed by atoms with Crippen molar-refractivity contribution in [2.45, 2.75) is 23.8 Å². The van der Waals surface area contributed by atoms with Crippen LogP contribution < -0.4 is 5.56 Å². The van der Waals surface area contributed by atoms with Crippen LogP contribution >= 0.6 is 23.1 Å². The summed E-state index contributed by atoms with van der Waals surface area (Å²) in [6, 6.07) is 11.7. The second kappa shape index (κ2) is 8.37. The first kappa shape index (κ1) is 19.1. The molecule has 1 aromatic carbocycles. The van der Waals surface area contributed by atoms with Gasteiger partial charge in [-0.1, -0.05) is 42.1 Å². The van der Waals surface area contributed by atoms with Gasteiger partial charge >= 0.3 is 0 Å². The highest BCUT2D eigenvalue weighted by Crippen LogP contribution is 2.31. The molecular weight excluding hydrogens is 380 g/mol.